The number of ether oxygens (including phenoxy) is 1. The van der Waals surface area contributed by atoms with Crippen LogP contribution in [0, 0.1) is 5.82 Å². The van der Waals surface area contributed by atoms with Gasteiger partial charge in [0.25, 0.3) is 6.43 Å². The molecule has 0 fully saturated rings. The number of alkyl halides is 2. The maximum atomic E-state index is 12.8. The van der Waals surface area contributed by atoms with Crippen LogP contribution in [0.15, 0.2) is 6.07 Å². The average molecular weight is 212 g/mol. The standard InChI is InChI=1S/C7H5ClF3NO/c1-13-4-2-3(9)5(7(10)11)12-6(4)8/h2,7H,1H3. The zero-order valence-corrected chi connectivity index (χ0v) is 7.28. The molecule has 1 aromatic rings. The van der Waals surface area contributed by atoms with Gasteiger partial charge in [0.1, 0.15) is 5.69 Å². The fourth-order valence-corrected chi connectivity index (χ4v) is 0.982. The third kappa shape index (κ3) is 2.03. The van der Waals surface area contributed by atoms with E-state index in [9.17, 15) is 13.2 Å². The molecule has 72 valence electrons. The zero-order valence-electron chi connectivity index (χ0n) is 6.52. The van der Waals surface area contributed by atoms with Crippen LogP contribution in [0.5, 0.6) is 5.75 Å². The Morgan fingerprint density at radius 2 is 2.15 bits per heavy atom. The molecule has 0 radical (unpaired) electrons. The molecule has 0 saturated carbocycles. The van der Waals surface area contributed by atoms with Crippen LogP contribution < -0.4 is 4.74 Å². The molecule has 6 heteroatoms. The van der Waals surface area contributed by atoms with E-state index in [1.807, 2.05) is 0 Å². The van der Waals surface area contributed by atoms with E-state index >= 15 is 0 Å². The van der Waals surface area contributed by atoms with Crippen molar-refractivity contribution in [3.8, 4) is 5.75 Å². The van der Waals surface area contributed by atoms with Crippen LogP contribution in [0.3, 0.4) is 0 Å². The highest BCUT2D eigenvalue weighted by atomic mass is 35.5. The first-order valence-corrected chi connectivity index (χ1v) is 3.62. The minimum atomic E-state index is -2.98. The van der Waals surface area contributed by atoms with Gasteiger partial charge in [0, 0.05) is 6.07 Å². The summed E-state index contributed by atoms with van der Waals surface area (Å²) in [6.07, 6.45) is -2.98. The number of aromatic nitrogens is 1. The normalized spacial score (nSPS) is 10.6. The number of halogens is 4. The van der Waals surface area contributed by atoms with Crippen LogP contribution in [0.25, 0.3) is 0 Å². The van der Waals surface area contributed by atoms with Gasteiger partial charge in [-0.3, -0.25) is 0 Å². The van der Waals surface area contributed by atoms with Crippen molar-refractivity contribution in [2.24, 2.45) is 0 Å². The molecule has 0 N–H and O–H groups in total. The van der Waals surface area contributed by atoms with Crippen molar-refractivity contribution in [3.63, 3.8) is 0 Å². The van der Waals surface area contributed by atoms with Crippen molar-refractivity contribution < 1.29 is 17.9 Å². The quantitative estimate of drug-likeness (QED) is 0.702. The first kappa shape index (κ1) is 10.1. The molecule has 0 spiro atoms. The summed E-state index contributed by atoms with van der Waals surface area (Å²) in [4.78, 5) is 3.16. The number of hydrogen-bond acceptors (Lipinski definition) is 2. The molecular weight excluding hydrogens is 207 g/mol. The number of methoxy groups -OCH3 is 1. The van der Waals surface area contributed by atoms with Gasteiger partial charge in [-0.2, -0.15) is 0 Å². The molecule has 0 atom stereocenters. The SMILES string of the molecule is COc1cc(F)c(C(F)F)nc1Cl. The molecule has 13 heavy (non-hydrogen) atoms. The maximum absolute atomic E-state index is 12.8. The molecule has 2 nitrogen and oxygen atoms in total. The van der Waals surface area contributed by atoms with E-state index in [2.05, 4.69) is 9.72 Å². The van der Waals surface area contributed by atoms with Crippen molar-refractivity contribution >= 4 is 11.6 Å². The monoisotopic (exact) mass is 211 g/mol. The Bertz CT molecular complexity index is 319. The molecule has 0 aliphatic heterocycles. The van der Waals surface area contributed by atoms with Crippen LogP contribution >= 0.6 is 11.6 Å². The van der Waals surface area contributed by atoms with Gasteiger partial charge in [-0.05, 0) is 0 Å². The van der Waals surface area contributed by atoms with Gasteiger partial charge in [-0.25, -0.2) is 18.2 Å². The van der Waals surface area contributed by atoms with E-state index in [4.69, 9.17) is 11.6 Å². The van der Waals surface area contributed by atoms with Gasteiger partial charge in [-0.15, -0.1) is 0 Å². The molecule has 0 unspecified atom stereocenters. The summed E-state index contributed by atoms with van der Waals surface area (Å²) < 4.78 is 41.5. The molecule has 0 bridgehead atoms. The van der Waals surface area contributed by atoms with Gasteiger partial charge >= 0.3 is 0 Å². The fraction of sp³-hybridized carbons (Fsp3) is 0.286. The lowest BCUT2D eigenvalue weighted by Gasteiger charge is -2.05. The molecule has 1 rings (SSSR count). The second-order valence-electron chi connectivity index (χ2n) is 2.15. The number of rotatable bonds is 2. The van der Waals surface area contributed by atoms with E-state index in [0.29, 0.717) is 0 Å². The molecule has 0 aromatic carbocycles. The van der Waals surface area contributed by atoms with Gasteiger partial charge in [0.15, 0.2) is 16.7 Å². The molecule has 1 aromatic heterocycles. The zero-order chi connectivity index (χ0) is 10.0. The Hall–Kier alpha value is -0.970. The van der Waals surface area contributed by atoms with Crippen LogP contribution in [0.1, 0.15) is 12.1 Å². The van der Waals surface area contributed by atoms with E-state index in [0.717, 1.165) is 6.07 Å². The third-order valence-electron chi connectivity index (χ3n) is 1.35. The van der Waals surface area contributed by atoms with Crippen LogP contribution in [-0.2, 0) is 0 Å². The summed E-state index contributed by atoms with van der Waals surface area (Å²) in [5.41, 5.74) is -0.967. The lowest BCUT2D eigenvalue weighted by atomic mass is 10.3. The average Bonchev–Trinajstić information content (AvgIpc) is 2.07. The Balaban J connectivity index is 3.20. The van der Waals surface area contributed by atoms with Crippen molar-refractivity contribution in [3.05, 3.63) is 22.7 Å². The van der Waals surface area contributed by atoms with E-state index in [1.54, 1.807) is 0 Å². The Morgan fingerprint density at radius 3 is 2.62 bits per heavy atom. The van der Waals surface area contributed by atoms with Gasteiger partial charge < -0.3 is 4.74 Å². The van der Waals surface area contributed by atoms with Crippen molar-refractivity contribution in [1.29, 1.82) is 0 Å². The number of pyridine rings is 1. The summed E-state index contributed by atoms with van der Waals surface area (Å²) >= 11 is 5.41. The van der Waals surface area contributed by atoms with Crippen molar-refractivity contribution in [1.82, 2.24) is 4.98 Å². The highest BCUT2D eigenvalue weighted by Crippen LogP contribution is 2.28. The summed E-state index contributed by atoms with van der Waals surface area (Å²) in [6, 6.07) is 0.775. The molecular formula is C7H5ClF3NO. The second-order valence-corrected chi connectivity index (χ2v) is 2.51. The summed E-state index contributed by atoms with van der Waals surface area (Å²) in [5, 5.41) is -0.279. The topological polar surface area (TPSA) is 22.1 Å². The second kappa shape index (κ2) is 3.83. The summed E-state index contributed by atoms with van der Waals surface area (Å²) in [5.74, 6) is -1.19. The summed E-state index contributed by atoms with van der Waals surface area (Å²) in [7, 11) is 1.24. The van der Waals surface area contributed by atoms with Gasteiger partial charge in [-0.1, -0.05) is 11.6 Å². The van der Waals surface area contributed by atoms with Crippen LogP contribution in [0.4, 0.5) is 13.2 Å². The largest absolute Gasteiger partial charge is 0.493 e. The third-order valence-corrected chi connectivity index (χ3v) is 1.62. The van der Waals surface area contributed by atoms with E-state index in [1.165, 1.54) is 7.11 Å². The molecule has 0 amide bonds. The predicted octanol–water partition coefficient (Wildman–Crippen LogP) is 2.82. The molecule has 0 saturated heterocycles. The van der Waals surface area contributed by atoms with Gasteiger partial charge in [0.2, 0.25) is 0 Å². The number of hydrogen-bond donors (Lipinski definition) is 0. The first-order valence-electron chi connectivity index (χ1n) is 3.24. The lowest BCUT2D eigenvalue weighted by molar-refractivity contribution is 0.140. The van der Waals surface area contributed by atoms with Crippen LogP contribution in [0.2, 0.25) is 5.15 Å². The Morgan fingerprint density at radius 1 is 1.54 bits per heavy atom. The fourth-order valence-electron chi connectivity index (χ4n) is 0.759. The molecule has 0 aliphatic carbocycles. The molecule has 1 heterocycles. The van der Waals surface area contributed by atoms with E-state index < -0.39 is 17.9 Å². The van der Waals surface area contributed by atoms with E-state index in [-0.39, 0.29) is 10.9 Å². The minimum absolute atomic E-state index is 0.0661. The smallest absolute Gasteiger partial charge is 0.283 e. The molecule has 0 aliphatic rings. The summed E-state index contributed by atoms with van der Waals surface area (Å²) in [6.45, 7) is 0. The Kier molecular flexibility index (Phi) is 2.98. The Labute approximate surface area is 77.3 Å². The predicted molar refractivity (Wildman–Crippen MR) is 40.7 cm³/mol. The highest BCUT2D eigenvalue weighted by Gasteiger charge is 2.18. The lowest BCUT2D eigenvalue weighted by Crippen LogP contribution is -1.98. The first-order chi connectivity index (χ1) is 6.06. The van der Waals surface area contributed by atoms with Crippen molar-refractivity contribution in [2.75, 3.05) is 7.11 Å². The maximum Gasteiger partial charge on any atom is 0.283 e. The van der Waals surface area contributed by atoms with Gasteiger partial charge in [0.05, 0.1) is 7.11 Å². The minimum Gasteiger partial charge on any atom is -0.493 e. The number of nitrogens with zero attached hydrogens (tertiary/aromatic N) is 1. The van der Waals surface area contributed by atoms with Crippen molar-refractivity contribution in [2.45, 2.75) is 6.43 Å². The highest BCUT2D eigenvalue weighted by molar-refractivity contribution is 6.30. The van der Waals surface area contributed by atoms with Crippen LogP contribution in [-0.4, -0.2) is 12.1 Å².